The number of hydrogen-bond donors (Lipinski definition) is 1. The zero-order valence-electron chi connectivity index (χ0n) is 11.3. The van der Waals surface area contributed by atoms with E-state index in [1.54, 1.807) is 10.7 Å². The molecule has 1 N–H and O–H groups in total. The molecule has 0 fully saturated rings. The molecule has 0 unspecified atom stereocenters. The summed E-state index contributed by atoms with van der Waals surface area (Å²) in [7, 11) is 1.83. The fourth-order valence-corrected chi connectivity index (χ4v) is 2.33. The highest BCUT2D eigenvalue weighted by Crippen LogP contribution is 2.16. The largest absolute Gasteiger partial charge is 0.348 e. The van der Waals surface area contributed by atoms with Crippen LogP contribution in [-0.4, -0.2) is 15.7 Å². The molecule has 1 heterocycles. The molecule has 4 nitrogen and oxygen atoms in total. The minimum Gasteiger partial charge on any atom is -0.348 e. The summed E-state index contributed by atoms with van der Waals surface area (Å²) in [6.45, 7) is 2.34. The molecular formula is C14H15BrFN3O. The maximum absolute atomic E-state index is 13.6. The number of halogens is 2. The SMILES string of the molecule is CCc1nn(C)cc1CNC(=O)c1cc(Br)ccc1F. The topological polar surface area (TPSA) is 46.9 Å². The predicted molar refractivity (Wildman–Crippen MR) is 77.9 cm³/mol. The molecule has 1 aromatic heterocycles. The van der Waals surface area contributed by atoms with Crippen molar-refractivity contribution in [2.24, 2.45) is 7.05 Å². The zero-order chi connectivity index (χ0) is 14.7. The average molecular weight is 340 g/mol. The van der Waals surface area contributed by atoms with Gasteiger partial charge in [0.2, 0.25) is 0 Å². The summed E-state index contributed by atoms with van der Waals surface area (Å²) in [5, 5.41) is 7.01. The molecule has 2 aromatic rings. The fraction of sp³-hybridized carbons (Fsp3) is 0.286. The van der Waals surface area contributed by atoms with Gasteiger partial charge in [-0.1, -0.05) is 22.9 Å². The lowest BCUT2D eigenvalue weighted by atomic mass is 10.2. The Bertz CT molecular complexity index is 639. The molecule has 0 bridgehead atoms. The van der Waals surface area contributed by atoms with E-state index in [1.165, 1.54) is 12.1 Å². The molecule has 20 heavy (non-hydrogen) atoms. The summed E-state index contributed by atoms with van der Waals surface area (Å²) in [4.78, 5) is 12.0. The number of nitrogens with one attached hydrogen (secondary N) is 1. The number of aromatic nitrogens is 2. The first-order valence-corrected chi connectivity index (χ1v) is 7.05. The minimum atomic E-state index is -0.535. The highest BCUT2D eigenvalue weighted by Gasteiger charge is 2.13. The molecule has 0 aliphatic rings. The van der Waals surface area contributed by atoms with E-state index in [9.17, 15) is 9.18 Å². The Hall–Kier alpha value is -1.69. The van der Waals surface area contributed by atoms with Crippen LogP contribution in [-0.2, 0) is 20.0 Å². The van der Waals surface area contributed by atoms with Crippen molar-refractivity contribution in [1.82, 2.24) is 15.1 Å². The van der Waals surface area contributed by atoms with Gasteiger partial charge in [-0.3, -0.25) is 9.48 Å². The number of amides is 1. The van der Waals surface area contributed by atoms with Crippen LogP contribution in [0.1, 0.15) is 28.5 Å². The first-order chi connectivity index (χ1) is 9.51. The number of rotatable bonds is 4. The van der Waals surface area contributed by atoms with Crippen LogP contribution < -0.4 is 5.32 Å². The van der Waals surface area contributed by atoms with Crippen molar-refractivity contribution in [3.63, 3.8) is 0 Å². The number of hydrogen-bond acceptors (Lipinski definition) is 2. The van der Waals surface area contributed by atoms with Crippen LogP contribution in [0.25, 0.3) is 0 Å². The van der Waals surface area contributed by atoms with Crippen LogP contribution in [0.2, 0.25) is 0 Å². The van der Waals surface area contributed by atoms with Crippen molar-refractivity contribution in [2.45, 2.75) is 19.9 Å². The Morgan fingerprint density at radius 1 is 1.50 bits per heavy atom. The first kappa shape index (κ1) is 14.7. The van der Waals surface area contributed by atoms with Gasteiger partial charge < -0.3 is 5.32 Å². The molecule has 0 radical (unpaired) electrons. The molecule has 0 atom stereocenters. The standard InChI is InChI=1S/C14H15BrFN3O/c1-3-13-9(8-19(2)18-13)7-17-14(20)11-6-10(15)4-5-12(11)16/h4-6,8H,3,7H2,1-2H3,(H,17,20). The smallest absolute Gasteiger partial charge is 0.254 e. The first-order valence-electron chi connectivity index (χ1n) is 6.26. The summed E-state index contributed by atoms with van der Waals surface area (Å²) in [6, 6.07) is 4.29. The summed E-state index contributed by atoms with van der Waals surface area (Å²) in [5.41, 5.74) is 1.91. The molecule has 106 valence electrons. The van der Waals surface area contributed by atoms with Crippen molar-refractivity contribution >= 4 is 21.8 Å². The lowest BCUT2D eigenvalue weighted by molar-refractivity contribution is 0.0946. The van der Waals surface area contributed by atoms with Gasteiger partial charge in [-0.2, -0.15) is 5.10 Å². The van der Waals surface area contributed by atoms with Gasteiger partial charge in [0.05, 0.1) is 11.3 Å². The number of nitrogens with zero attached hydrogens (tertiary/aromatic N) is 2. The second-order valence-corrected chi connectivity index (χ2v) is 5.35. The Kier molecular flexibility index (Phi) is 4.54. The Labute approximate surface area is 125 Å². The third-order valence-electron chi connectivity index (χ3n) is 2.94. The van der Waals surface area contributed by atoms with Gasteiger partial charge in [-0.15, -0.1) is 0 Å². The van der Waals surface area contributed by atoms with Crippen LogP contribution >= 0.6 is 15.9 Å². The Morgan fingerprint density at radius 3 is 2.95 bits per heavy atom. The highest BCUT2D eigenvalue weighted by molar-refractivity contribution is 9.10. The van der Waals surface area contributed by atoms with Gasteiger partial charge >= 0.3 is 0 Å². The van der Waals surface area contributed by atoms with E-state index in [1.807, 2.05) is 20.2 Å². The average Bonchev–Trinajstić information content (AvgIpc) is 2.79. The van der Waals surface area contributed by atoms with Crippen LogP contribution in [0, 0.1) is 5.82 Å². The maximum Gasteiger partial charge on any atom is 0.254 e. The van der Waals surface area contributed by atoms with Gasteiger partial charge in [0.1, 0.15) is 5.82 Å². The van der Waals surface area contributed by atoms with E-state index < -0.39 is 11.7 Å². The number of benzene rings is 1. The molecule has 0 saturated carbocycles. The molecule has 0 saturated heterocycles. The number of carbonyl (C=O) groups is 1. The van der Waals surface area contributed by atoms with Crippen molar-refractivity contribution in [1.29, 1.82) is 0 Å². The molecule has 1 amide bonds. The van der Waals surface area contributed by atoms with Crippen LogP contribution in [0.5, 0.6) is 0 Å². The Morgan fingerprint density at radius 2 is 2.25 bits per heavy atom. The van der Waals surface area contributed by atoms with E-state index in [0.717, 1.165) is 17.7 Å². The lowest BCUT2D eigenvalue weighted by Gasteiger charge is -2.06. The van der Waals surface area contributed by atoms with E-state index in [-0.39, 0.29) is 5.56 Å². The van der Waals surface area contributed by atoms with Gasteiger partial charge in [0.25, 0.3) is 5.91 Å². The zero-order valence-corrected chi connectivity index (χ0v) is 12.9. The van der Waals surface area contributed by atoms with Crippen LogP contribution in [0.4, 0.5) is 4.39 Å². The lowest BCUT2D eigenvalue weighted by Crippen LogP contribution is -2.24. The van der Waals surface area contributed by atoms with E-state index in [0.29, 0.717) is 11.0 Å². The molecule has 0 aliphatic heterocycles. The van der Waals surface area contributed by atoms with E-state index in [2.05, 4.69) is 26.3 Å². The number of aryl methyl sites for hydroxylation is 2. The molecule has 6 heteroatoms. The van der Waals surface area contributed by atoms with E-state index in [4.69, 9.17) is 0 Å². The molecule has 2 rings (SSSR count). The van der Waals surface area contributed by atoms with Gasteiger partial charge in [0.15, 0.2) is 0 Å². The molecule has 0 aliphatic carbocycles. The molecular weight excluding hydrogens is 325 g/mol. The van der Waals surface area contributed by atoms with Gasteiger partial charge in [0, 0.05) is 29.8 Å². The van der Waals surface area contributed by atoms with Crippen molar-refractivity contribution in [3.05, 3.63) is 51.5 Å². The van der Waals surface area contributed by atoms with Crippen LogP contribution in [0.3, 0.4) is 0 Å². The van der Waals surface area contributed by atoms with Crippen molar-refractivity contribution < 1.29 is 9.18 Å². The third-order valence-corrected chi connectivity index (χ3v) is 3.43. The second-order valence-electron chi connectivity index (χ2n) is 4.44. The van der Waals surface area contributed by atoms with Gasteiger partial charge in [-0.25, -0.2) is 4.39 Å². The summed E-state index contributed by atoms with van der Waals surface area (Å²) < 4.78 is 16.0. The predicted octanol–water partition coefficient (Wildman–Crippen LogP) is 2.81. The third kappa shape index (κ3) is 3.25. The van der Waals surface area contributed by atoms with Crippen LogP contribution in [0.15, 0.2) is 28.9 Å². The van der Waals surface area contributed by atoms with E-state index >= 15 is 0 Å². The summed E-state index contributed by atoms with van der Waals surface area (Å²) in [6.07, 6.45) is 2.65. The fourth-order valence-electron chi connectivity index (χ4n) is 1.97. The van der Waals surface area contributed by atoms with Crippen molar-refractivity contribution in [3.8, 4) is 0 Å². The molecule has 1 aromatic carbocycles. The normalized spacial score (nSPS) is 10.6. The summed E-state index contributed by atoms with van der Waals surface area (Å²) >= 11 is 3.23. The molecule has 0 spiro atoms. The number of carbonyl (C=O) groups excluding carboxylic acids is 1. The maximum atomic E-state index is 13.6. The highest BCUT2D eigenvalue weighted by atomic mass is 79.9. The Balaban J connectivity index is 2.10. The summed E-state index contributed by atoms with van der Waals surface area (Å²) in [5.74, 6) is -0.970. The van der Waals surface area contributed by atoms with Gasteiger partial charge in [-0.05, 0) is 24.6 Å². The quantitative estimate of drug-likeness (QED) is 0.930. The second kappa shape index (κ2) is 6.17. The monoisotopic (exact) mass is 339 g/mol. The van der Waals surface area contributed by atoms with Crippen molar-refractivity contribution in [2.75, 3.05) is 0 Å². The minimum absolute atomic E-state index is 0.0290.